The molecule has 2 heterocycles. The maximum atomic E-state index is 14.6. The van der Waals surface area contributed by atoms with Gasteiger partial charge in [0.15, 0.2) is 0 Å². The van der Waals surface area contributed by atoms with Crippen molar-refractivity contribution in [1.29, 1.82) is 0 Å². The minimum absolute atomic E-state index is 0.171. The van der Waals surface area contributed by atoms with Crippen LogP contribution in [0.4, 0.5) is 19.2 Å². The van der Waals surface area contributed by atoms with Crippen LogP contribution in [0.15, 0.2) is 122 Å². The molecule has 20 heteroatoms. The van der Waals surface area contributed by atoms with Gasteiger partial charge in [-0.3, -0.25) is 18.7 Å². The van der Waals surface area contributed by atoms with Crippen LogP contribution in [0, 0.1) is 0 Å². The van der Waals surface area contributed by atoms with Gasteiger partial charge in [0.1, 0.15) is 36.5 Å². The molecule has 0 saturated heterocycles. The predicted molar refractivity (Wildman–Crippen MR) is 262 cm³/mol. The lowest BCUT2D eigenvalue weighted by Gasteiger charge is -2.27. The monoisotopic (exact) mass is 990 g/mol. The molecular formula is C51H54N6O13S. The van der Waals surface area contributed by atoms with Crippen molar-refractivity contribution in [2.75, 3.05) is 13.2 Å². The minimum atomic E-state index is -5.47. The molecule has 6 aromatic rings. The number of aromatic nitrogens is 2. The summed E-state index contributed by atoms with van der Waals surface area (Å²) in [5, 5.41) is 13.8. The number of hydrazine groups is 1. The van der Waals surface area contributed by atoms with E-state index in [1.54, 1.807) is 102 Å². The highest BCUT2D eigenvalue weighted by Crippen LogP contribution is 2.44. The molecule has 4 aromatic carbocycles. The maximum Gasteiger partial charge on any atom is 0.444 e. The summed E-state index contributed by atoms with van der Waals surface area (Å²) in [6, 6.07) is 24.2. The van der Waals surface area contributed by atoms with E-state index in [1.807, 2.05) is 41.1 Å². The third-order valence-electron chi connectivity index (χ3n) is 11.1. The fourth-order valence-corrected chi connectivity index (χ4v) is 9.27. The normalized spacial score (nSPS) is 13.3. The zero-order valence-corrected chi connectivity index (χ0v) is 40.6. The Labute approximate surface area is 409 Å². The number of nitrogens with one attached hydrogen (secondary N) is 3. The van der Waals surface area contributed by atoms with Crippen LogP contribution in [-0.2, 0) is 51.6 Å². The van der Waals surface area contributed by atoms with Gasteiger partial charge in [0.05, 0.1) is 11.0 Å². The average molecular weight is 991 g/mol. The molecule has 0 spiro atoms. The number of carbonyl (C=O) groups is 6. The number of hydrogen-bond donors (Lipinski definition) is 4. The maximum absolute atomic E-state index is 14.6. The molecule has 372 valence electrons. The van der Waals surface area contributed by atoms with Gasteiger partial charge < -0.3 is 29.4 Å². The Hall–Kier alpha value is -7.97. The highest BCUT2D eigenvalue weighted by atomic mass is 32.2. The van der Waals surface area contributed by atoms with E-state index in [2.05, 4.69) is 17.3 Å². The summed E-state index contributed by atoms with van der Waals surface area (Å²) >= 11 is 0. The van der Waals surface area contributed by atoms with Gasteiger partial charge in [-0.15, -0.1) is 0 Å². The Morgan fingerprint density at radius 1 is 0.704 bits per heavy atom. The number of carboxylic acids is 1. The van der Waals surface area contributed by atoms with Crippen molar-refractivity contribution in [3.63, 3.8) is 0 Å². The first-order valence-electron chi connectivity index (χ1n) is 22.4. The molecule has 19 nitrogen and oxygen atoms in total. The Kier molecular flexibility index (Phi) is 14.7. The van der Waals surface area contributed by atoms with Gasteiger partial charge in [0.25, 0.3) is 5.91 Å². The molecule has 0 aliphatic heterocycles. The van der Waals surface area contributed by atoms with Crippen molar-refractivity contribution in [3.05, 3.63) is 144 Å². The largest absolute Gasteiger partial charge is 0.480 e. The summed E-state index contributed by atoms with van der Waals surface area (Å²) in [5.41, 5.74) is 4.82. The van der Waals surface area contributed by atoms with Gasteiger partial charge in [0, 0.05) is 41.9 Å². The lowest BCUT2D eigenvalue weighted by atomic mass is 9.98. The Balaban J connectivity index is 1.24. The van der Waals surface area contributed by atoms with E-state index in [1.165, 1.54) is 27.6 Å². The third kappa shape index (κ3) is 11.7. The highest BCUT2D eigenvalue weighted by Gasteiger charge is 2.39. The van der Waals surface area contributed by atoms with Gasteiger partial charge in [0.2, 0.25) is 0 Å². The van der Waals surface area contributed by atoms with Crippen LogP contribution < -0.4 is 15.5 Å². The van der Waals surface area contributed by atoms with Crippen molar-refractivity contribution in [1.82, 2.24) is 29.0 Å². The summed E-state index contributed by atoms with van der Waals surface area (Å²) in [4.78, 5) is 81.8. The zero-order valence-electron chi connectivity index (χ0n) is 39.8. The van der Waals surface area contributed by atoms with E-state index in [9.17, 15) is 42.3 Å². The molecule has 1 aliphatic rings. The number of amides is 3. The topological polar surface area (TPSA) is 243 Å². The SMILES string of the molecule is C=CCOC(=O)N[C@H](Cc1cn(C(=O)OC(C)(C)C)c2ccccc12)C(=O)NN(C(=O)OCC1c2ccccc2-c2ccccc21)S(=O)(=O)N[C@@H](Cc1cn(C(=O)OC(C)(C)C)c2ccccc12)C(=O)O. The number of ether oxygens (including phenoxy) is 4. The number of benzene rings is 4. The number of aliphatic carboxylic acids is 1. The summed E-state index contributed by atoms with van der Waals surface area (Å²) in [6.07, 6.45) is -1.30. The average Bonchev–Trinajstić information content (AvgIpc) is 3.97. The molecule has 7 rings (SSSR count). The number of para-hydroxylation sites is 2. The first-order chi connectivity index (χ1) is 33.5. The van der Waals surface area contributed by atoms with Crippen molar-refractivity contribution in [2.45, 2.75) is 83.6 Å². The molecule has 2 atom stereocenters. The number of hydrogen-bond acceptors (Lipinski definition) is 12. The fraction of sp³-hybridized carbons (Fsp3) is 0.294. The molecule has 0 unspecified atom stereocenters. The fourth-order valence-electron chi connectivity index (χ4n) is 8.16. The molecular weight excluding hydrogens is 937 g/mol. The van der Waals surface area contributed by atoms with Crippen LogP contribution in [0.3, 0.4) is 0 Å². The summed E-state index contributed by atoms with van der Waals surface area (Å²) < 4.78 is 55.5. The number of alkyl carbamates (subject to hydrolysis) is 1. The summed E-state index contributed by atoms with van der Waals surface area (Å²) in [7, 11) is -5.47. The second-order valence-electron chi connectivity index (χ2n) is 18.6. The predicted octanol–water partition coefficient (Wildman–Crippen LogP) is 7.80. The van der Waals surface area contributed by atoms with Gasteiger partial charge in [-0.2, -0.15) is 13.1 Å². The van der Waals surface area contributed by atoms with E-state index in [-0.39, 0.29) is 16.6 Å². The molecule has 0 saturated carbocycles. The molecule has 71 heavy (non-hydrogen) atoms. The Morgan fingerprint density at radius 3 is 1.65 bits per heavy atom. The molecule has 2 aromatic heterocycles. The molecule has 3 amide bonds. The Morgan fingerprint density at radius 2 is 1.17 bits per heavy atom. The second-order valence-corrected chi connectivity index (χ2v) is 20.1. The zero-order chi connectivity index (χ0) is 51.4. The van der Waals surface area contributed by atoms with Crippen molar-refractivity contribution in [3.8, 4) is 11.1 Å². The molecule has 4 N–H and O–H groups in total. The number of rotatable bonds is 14. The smallest absolute Gasteiger partial charge is 0.444 e. The van der Waals surface area contributed by atoms with E-state index in [0.717, 1.165) is 22.3 Å². The third-order valence-corrected chi connectivity index (χ3v) is 12.4. The van der Waals surface area contributed by atoms with Crippen molar-refractivity contribution < 1.29 is 61.2 Å². The molecule has 0 bridgehead atoms. The van der Waals surface area contributed by atoms with Crippen LogP contribution in [0.25, 0.3) is 32.9 Å². The number of carboxylic acid groups (broad SMARTS) is 1. The number of carbonyl (C=O) groups excluding carboxylic acids is 5. The number of fused-ring (bicyclic) bond motifs is 5. The van der Waals surface area contributed by atoms with Crippen molar-refractivity contribution in [2.24, 2.45) is 0 Å². The van der Waals surface area contributed by atoms with Crippen LogP contribution in [0.1, 0.15) is 69.7 Å². The van der Waals surface area contributed by atoms with Gasteiger partial charge in [-0.05, 0) is 87.1 Å². The summed E-state index contributed by atoms with van der Waals surface area (Å²) in [5.74, 6) is -3.57. The van der Waals surface area contributed by atoms with Gasteiger partial charge in [-0.25, -0.2) is 24.6 Å². The first-order valence-corrected chi connectivity index (χ1v) is 23.9. The van der Waals surface area contributed by atoms with E-state index < -0.39 is 95.1 Å². The molecule has 0 fully saturated rings. The lowest BCUT2D eigenvalue weighted by Crippen LogP contribution is -2.60. The highest BCUT2D eigenvalue weighted by molar-refractivity contribution is 7.87. The minimum Gasteiger partial charge on any atom is -0.480 e. The van der Waals surface area contributed by atoms with E-state index in [0.29, 0.717) is 27.4 Å². The quantitative estimate of drug-likeness (QED) is 0.0463. The second kappa shape index (κ2) is 20.6. The van der Waals surface area contributed by atoms with Crippen molar-refractivity contribution >= 4 is 68.3 Å². The van der Waals surface area contributed by atoms with Crippen LogP contribution >= 0.6 is 0 Å². The Bertz CT molecular complexity index is 3120. The van der Waals surface area contributed by atoms with Crippen LogP contribution in [0.5, 0.6) is 0 Å². The standard InChI is InChI=1S/C51H54N6O13S/c1-8-25-67-46(61)52-40(26-31-28-55(47(62)69-50(2,3)4)42-23-15-13-17-33(31)42)44(58)53-57(49(64)68-30-39-37-21-11-9-19-35(37)36-20-10-12-22-38(36)39)71(65,66)54-41(45(59)60)27-32-29-56(48(63)70-51(5,6)7)43-24-16-14-18-34(32)43/h8-24,28-29,39-41,54H,1,25-27,30H2,2-7H3,(H,52,61)(H,53,58)(H,59,60)/t40-,41+/m1/s1. The first kappa shape index (κ1) is 50.9. The van der Waals surface area contributed by atoms with E-state index >= 15 is 0 Å². The summed E-state index contributed by atoms with van der Waals surface area (Å²) in [6.45, 7) is 12.9. The molecule has 0 radical (unpaired) electrons. The van der Waals surface area contributed by atoms with Gasteiger partial charge >= 0.3 is 40.6 Å². The van der Waals surface area contributed by atoms with E-state index in [4.69, 9.17) is 18.9 Å². The van der Waals surface area contributed by atoms with Crippen LogP contribution in [-0.4, -0.2) is 99.8 Å². The van der Waals surface area contributed by atoms with Crippen LogP contribution in [0.2, 0.25) is 0 Å². The van der Waals surface area contributed by atoms with Gasteiger partial charge in [-0.1, -0.05) is 102 Å². The number of nitrogens with zero attached hydrogens (tertiary/aromatic N) is 3. The molecule has 1 aliphatic carbocycles. The lowest BCUT2D eigenvalue weighted by molar-refractivity contribution is -0.139.